The van der Waals surface area contributed by atoms with Gasteiger partial charge in [0.15, 0.2) is 0 Å². The normalized spacial score (nSPS) is 27.3. The Morgan fingerprint density at radius 1 is 1.40 bits per heavy atom. The average Bonchev–Trinajstić information content (AvgIpc) is 3.10. The standard InChI is InChI=1S/C16H24N2O2/c1-12-3-4-15(13-6-8-20-11-13)16(17-12)10-18-7-5-14(9-18)19-2/h3-4,13-14H,5-11H2,1-2H3/t13-,14-/m1/s1. The zero-order valence-corrected chi connectivity index (χ0v) is 12.5. The number of nitrogens with zero attached hydrogens (tertiary/aromatic N) is 2. The molecule has 0 N–H and O–H groups in total. The molecule has 0 unspecified atom stereocenters. The molecule has 4 nitrogen and oxygen atoms in total. The van der Waals surface area contributed by atoms with E-state index in [0.717, 1.165) is 51.4 Å². The lowest BCUT2D eigenvalue weighted by Gasteiger charge is -2.20. The largest absolute Gasteiger partial charge is 0.381 e. The molecular weight excluding hydrogens is 252 g/mol. The first-order chi connectivity index (χ1) is 9.76. The van der Waals surface area contributed by atoms with Crippen LogP contribution < -0.4 is 0 Å². The third-order valence-corrected chi connectivity index (χ3v) is 4.45. The van der Waals surface area contributed by atoms with E-state index in [1.807, 2.05) is 0 Å². The van der Waals surface area contributed by atoms with Crippen LogP contribution in [0.5, 0.6) is 0 Å². The maximum Gasteiger partial charge on any atom is 0.0710 e. The lowest BCUT2D eigenvalue weighted by atomic mass is 9.96. The van der Waals surface area contributed by atoms with Crippen molar-refractivity contribution in [1.82, 2.24) is 9.88 Å². The van der Waals surface area contributed by atoms with Gasteiger partial charge in [0.25, 0.3) is 0 Å². The lowest BCUT2D eigenvalue weighted by molar-refractivity contribution is 0.107. The summed E-state index contributed by atoms with van der Waals surface area (Å²) in [7, 11) is 1.81. The molecule has 0 saturated carbocycles. The van der Waals surface area contributed by atoms with Gasteiger partial charge in [-0.1, -0.05) is 6.07 Å². The smallest absolute Gasteiger partial charge is 0.0710 e. The summed E-state index contributed by atoms with van der Waals surface area (Å²) < 4.78 is 11.0. The van der Waals surface area contributed by atoms with Gasteiger partial charge in [0.1, 0.15) is 0 Å². The fraction of sp³-hybridized carbons (Fsp3) is 0.688. The number of rotatable bonds is 4. The van der Waals surface area contributed by atoms with Gasteiger partial charge < -0.3 is 9.47 Å². The number of methoxy groups -OCH3 is 1. The molecule has 2 aliphatic heterocycles. The predicted molar refractivity (Wildman–Crippen MR) is 77.8 cm³/mol. The van der Waals surface area contributed by atoms with Crippen LogP contribution >= 0.6 is 0 Å². The van der Waals surface area contributed by atoms with Crippen molar-refractivity contribution in [3.63, 3.8) is 0 Å². The molecule has 0 spiro atoms. The van der Waals surface area contributed by atoms with Crippen LogP contribution in [0.25, 0.3) is 0 Å². The topological polar surface area (TPSA) is 34.6 Å². The van der Waals surface area contributed by atoms with E-state index >= 15 is 0 Å². The van der Waals surface area contributed by atoms with Crippen LogP contribution in [0.4, 0.5) is 0 Å². The molecule has 1 aromatic rings. The second kappa shape index (κ2) is 6.20. The molecule has 2 aliphatic rings. The second-order valence-corrected chi connectivity index (χ2v) is 5.93. The average molecular weight is 276 g/mol. The Bertz CT molecular complexity index is 458. The summed E-state index contributed by atoms with van der Waals surface area (Å²) in [5, 5.41) is 0. The van der Waals surface area contributed by atoms with Gasteiger partial charge in [-0.15, -0.1) is 0 Å². The summed E-state index contributed by atoms with van der Waals surface area (Å²) in [5.41, 5.74) is 3.72. The predicted octanol–water partition coefficient (Wildman–Crippen LogP) is 2.11. The lowest BCUT2D eigenvalue weighted by Crippen LogP contribution is -2.24. The first-order valence-corrected chi connectivity index (χ1v) is 7.55. The molecule has 3 heterocycles. The summed E-state index contributed by atoms with van der Waals surface area (Å²) in [6.45, 7) is 6.86. The Morgan fingerprint density at radius 2 is 2.30 bits per heavy atom. The molecule has 0 radical (unpaired) electrons. The van der Waals surface area contributed by atoms with E-state index in [1.54, 1.807) is 7.11 Å². The Kier molecular flexibility index (Phi) is 4.34. The van der Waals surface area contributed by atoms with Gasteiger partial charge in [-0.3, -0.25) is 9.88 Å². The maximum absolute atomic E-state index is 5.54. The van der Waals surface area contributed by atoms with E-state index in [2.05, 4.69) is 24.0 Å². The first kappa shape index (κ1) is 14.0. The molecule has 0 amide bonds. The van der Waals surface area contributed by atoms with Crippen molar-refractivity contribution in [2.45, 2.75) is 38.3 Å². The fourth-order valence-electron chi connectivity index (χ4n) is 3.24. The van der Waals surface area contributed by atoms with Gasteiger partial charge in [0, 0.05) is 45.0 Å². The molecule has 3 rings (SSSR count). The molecule has 0 bridgehead atoms. The number of aryl methyl sites for hydroxylation is 1. The van der Waals surface area contributed by atoms with Crippen molar-refractivity contribution >= 4 is 0 Å². The van der Waals surface area contributed by atoms with E-state index in [1.165, 1.54) is 11.3 Å². The van der Waals surface area contributed by atoms with E-state index < -0.39 is 0 Å². The number of ether oxygens (including phenoxy) is 2. The zero-order valence-electron chi connectivity index (χ0n) is 12.5. The maximum atomic E-state index is 5.54. The molecule has 1 aromatic heterocycles. The minimum absolute atomic E-state index is 0.387. The fourth-order valence-corrected chi connectivity index (χ4v) is 3.24. The SMILES string of the molecule is CO[C@@H]1CCN(Cc2nc(C)ccc2[C@@H]2CCOC2)C1. The number of hydrogen-bond acceptors (Lipinski definition) is 4. The summed E-state index contributed by atoms with van der Waals surface area (Å²) >= 11 is 0. The third kappa shape index (κ3) is 3.03. The highest BCUT2D eigenvalue weighted by atomic mass is 16.5. The van der Waals surface area contributed by atoms with Crippen LogP contribution in [-0.2, 0) is 16.0 Å². The molecule has 0 aliphatic carbocycles. The van der Waals surface area contributed by atoms with Crippen LogP contribution in [0.1, 0.15) is 35.7 Å². The van der Waals surface area contributed by atoms with Crippen molar-refractivity contribution in [3.8, 4) is 0 Å². The molecule has 0 aromatic carbocycles. The summed E-state index contributed by atoms with van der Waals surface area (Å²) in [4.78, 5) is 7.25. The number of pyridine rings is 1. The van der Waals surface area contributed by atoms with Crippen molar-refractivity contribution in [1.29, 1.82) is 0 Å². The van der Waals surface area contributed by atoms with E-state index in [9.17, 15) is 0 Å². The molecule has 4 heteroatoms. The second-order valence-electron chi connectivity index (χ2n) is 5.93. The molecule has 2 atom stereocenters. The van der Waals surface area contributed by atoms with Crippen molar-refractivity contribution < 1.29 is 9.47 Å². The van der Waals surface area contributed by atoms with Crippen molar-refractivity contribution in [2.75, 3.05) is 33.4 Å². The molecule has 110 valence electrons. The molecule has 2 fully saturated rings. The van der Waals surface area contributed by atoms with Crippen LogP contribution in [0.3, 0.4) is 0 Å². The summed E-state index contributed by atoms with van der Waals surface area (Å²) in [5.74, 6) is 0.527. The highest BCUT2D eigenvalue weighted by Crippen LogP contribution is 2.28. The molecule has 20 heavy (non-hydrogen) atoms. The van der Waals surface area contributed by atoms with Gasteiger partial charge in [-0.25, -0.2) is 0 Å². The number of likely N-dealkylation sites (tertiary alicyclic amines) is 1. The minimum Gasteiger partial charge on any atom is -0.381 e. The van der Waals surface area contributed by atoms with Crippen LogP contribution in [0.2, 0.25) is 0 Å². The monoisotopic (exact) mass is 276 g/mol. The van der Waals surface area contributed by atoms with Gasteiger partial charge in [-0.2, -0.15) is 0 Å². The highest BCUT2D eigenvalue weighted by Gasteiger charge is 2.26. The van der Waals surface area contributed by atoms with E-state index in [4.69, 9.17) is 14.5 Å². The van der Waals surface area contributed by atoms with Gasteiger partial charge in [-0.05, 0) is 31.4 Å². The highest BCUT2D eigenvalue weighted by molar-refractivity contribution is 5.27. The van der Waals surface area contributed by atoms with Crippen LogP contribution in [-0.4, -0.2) is 49.4 Å². The molecule has 2 saturated heterocycles. The summed E-state index contributed by atoms with van der Waals surface area (Å²) in [6, 6.07) is 4.37. The zero-order chi connectivity index (χ0) is 13.9. The Labute approximate surface area is 121 Å². The first-order valence-electron chi connectivity index (χ1n) is 7.55. The van der Waals surface area contributed by atoms with E-state index in [0.29, 0.717) is 12.0 Å². The Hall–Kier alpha value is -0.970. The molecular formula is C16H24N2O2. The Morgan fingerprint density at radius 3 is 3.00 bits per heavy atom. The summed E-state index contributed by atoms with van der Waals surface area (Å²) in [6.07, 6.45) is 2.64. The van der Waals surface area contributed by atoms with E-state index in [-0.39, 0.29) is 0 Å². The van der Waals surface area contributed by atoms with Crippen LogP contribution in [0, 0.1) is 6.92 Å². The minimum atomic E-state index is 0.387. The van der Waals surface area contributed by atoms with Gasteiger partial charge in [0.05, 0.1) is 18.4 Å². The number of hydrogen-bond donors (Lipinski definition) is 0. The number of aromatic nitrogens is 1. The Balaban J connectivity index is 1.75. The quantitative estimate of drug-likeness (QED) is 0.843. The van der Waals surface area contributed by atoms with Crippen molar-refractivity contribution in [3.05, 3.63) is 29.1 Å². The van der Waals surface area contributed by atoms with Gasteiger partial charge >= 0.3 is 0 Å². The van der Waals surface area contributed by atoms with Crippen LogP contribution in [0.15, 0.2) is 12.1 Å². The third-order valence-electron chi connectivity index (χ3n) is 4.45. The van der Waals surface area contributed by atoms with Crippen molar-refractivity contribution in [2.24, 2.45) is 0 Å². The van der Waals surface area contributed by atoms with Gasteiger partial charge in [0.2, 0.25) is 0 Å².